The van der Waals surface area contributed by atoms with Crippen LogP contribution in [-0.4, -0.2) is 50.2 Å². The van der Waals surface area contributed by atoms with Gasteiger partial charge in [-0.05, 0) is 0 Å². The van der Waals surface area contributed by atoms with E-state index in [9.17, 15) is 5.11 Å². The minimum absolute atomic E-state index is 0.0556. The first-order valence-corrected chi connectivity index (χ1v) is 4.98. The molecule has 6 heteroatoms. The van der Waals surface area contributed by atoms with E-state index in [1.807, 2.05) is 0 Å². The van der Waals surface area contributed by atoms with Crippen molar-refractivity contribution in [2.45, 2.75) is 6.10 Å². The maximum absolute atomic E-state index is 9.57. The van der Waals surface area contributed by atoms with Crippen LogP contribution in [0.25, 0.3) is 0 Å². The van der Waals surface area contributed by atoms with Gasteiger partial charge in [0.2, 0.25) is 0 Å². The molecule has 5 nitrogen and oxygen atoms in total. The molecule has 12 heavy (non-hydrogen) atoms. The van der Waals surface area contributed by atoms with Gasteiger partial charge in [0.15, 0.2) is 0 Å². The quantitative estimate of drug-likeness (QED) is 0.446. The van der Waals surface area contributed by atoms with Gasteiger partial charge in [-0.3, -0.25) is 0 Å². The minimum atomic E-state index is -1.67. The van der Waals surface area contributed by atoms with E-state index in [-0.39, 0.29) is 12.7 Å². The van der Waals surface area contributed by atoms with Crippen LogP contribution in [0.1, 0.15) is 0 Å². The van der Waals surface area contributed by atoms with Gasteiger partial charge in [0.05, 0.1) is 6.61 Å². The van der Waals surface area contributed by atoms with Crippen molar-refractivity contribution in [3.8, 4) is 0 Å². The normalized spacial score (nSPS) is 20.2. The van der Waals surface area contributed by atoms with Crippen LogP contribution in [0, 0.1) is 0 Å². The fourth-order valence-electron chi connectivity index (χ4n) is 0.453. The molecule has 1 aliphatic heterocycles. The highest BCUT2D eigenvalue weighted by atomic mass is 28.3. The van der Waals surface area contributed by atoms with Crippen molar-refractivity contribution in [3.63, 3.8) is 0 Å². The van der Waals surface area contributed by atoms with Crippen LogP contribution in [-0.2, 0) is 23.1 Å². The summed E-state index contributed by atoms with van der Waals surface area (Å²) < 4.78 is 18.8. The third-order valence-electron chi connectivity index (χ3n) is 1.17. The molecule has 0 aromatic rings. The van der Waals surface area contributed by atoms with Crippen LogP contribution >= 0.6 is 0 Å². The lowest BCUT2D eigenvalue weighted by molar-refractivity contribution is 0.163. The molecule has 1 radical (unpaired) electrons. The Bertz CT molecular complexity index is 88.4. The van der Waals surface area contributed by atoms with Crippen molar-refractivity contribution in [3.05, 3.63) is 0 Å². The summed E-state index contributed by atoms with van der Waals surface area (Å²) in [6.07, 6.45) is 0.0787. The van der Waals surface area contributed by atoms with E-state index in [0.717, 1.165) is 0 Å². The van der Waals surface area contributed by atoms with E-state index in [0.29, 0.717) is 6.61 Å². The average Bonchev–Trinajstić information content (AvgIpc) is 2.91. The van der Waals surface area contributed by atoms with Crippen molar-refractivity contribution in [2.24, 2.45) is 0 Å². The molecule has 1 rings (SSSR count). The molecular weight excluding hydrogens is 180 g/mol. The molecule has 0 spiro atoms. The second-order valence-corrected chi connectivity index (χ2v) is 4.11. The molecule has 1 aliphatic rings. The molecule has 0 N–H and O–H groups in total. The first kappa shape index (κ1) is 12.0. The standard InChI is InChI=1S/C3H10O3Si.C3H5O2/c1-4-7(5-2)6-3;4-1-3-2-5-3/h7H,1-3H3;3H,1-2H2. The maximum Gasteiger partial charge on any atom is 0.483 e. The molecule has 1 atom stereocenters. The summed E-state index contributed by atoms with van der Waals surface area (Å²) in [6, 6.07) is 0. The van der Waals surface area contributed by atoms with Crippen molar-refractivity contribution in [1.82, 2.24) is 0 Å². The Balaban J connectivity index is 0.000000211. The Morgan fingerprint density at radius 1 is 1.33 bits per heavy atom. The van der Waals surface area contributed by atoms with E-state index in [1.54, 1.807) is 21.3 Å². The van der Waals surface area contributed by atoms with Crippen LogP contribution in [0.2, 0.25) is 0 Å². The Labute approximate surface area is 74.2 Å². The molecule has 1 heterocycles. The topological polar surface area (TPSA) is 60.1 Å². The molecular formula is C6H15O5Si. The SMILES string of the molecule is CO[SiH](OC)OC.[O]CC1CO1. The number of hydrogen-bond acceptors (Lipinski definition) is 4. The number of epoxide rings is 1. The first-order valence-electron chi connectivity index (χ1n) is 3.56. The molecule has 1 saturated heterocycles. The molecule has 0 aromatic carbocycles. The van der Waals surface area contributed by atoms with Gasteiger partial charge in [-0.2, -0.15) is 0 Å². The Morgan fingerprint density at radius 2 is 1.75 bits per heavy atom. The van der Waals surface area contributed by atoms with E-state index < -0.39 is 9.53 Å². The highest BCUT2D eigenvalue weighted by Crippen LogP contribution is 2.05. The lowest BCUT2D eigenvalue weighted by Gasteiger charge is -2.05. The van der Waals surface area contributed by atoms with E-state index in [4.69, 9.17) is 13.3 Å². The molecule has 0 bridgehead atoms. The Morgan fingerprint density at radius 3 is 1.75 bits per heavy atom. The summed E-state index contributed by atoms with van der Waals surface area (Å²) in [5.41, 5.74) is 0. The monoisotopic (exact) mass is 195 g/mol. The number of hydrogen-bond donors (Lipinski definition) is 0. The van der Waals surface area contributed by atoms with Gasteiger partial charge in [0, 0.05) is 21.3 Å². The zero-order valence-electron chi connectivity index (χ0n) is 7.61. The minimum Gasteiger partial charge on any atom is -0.379 e. The molecule has 73 valence electrons. The molecule has 1 unspecified atom stereocenters. The first-order chi connectivity index (χ1) is 5.78. The van der Waals surface area contributed by atoms with Crippen LogP contribution in [0.5, 0.6) is 0 Å². The molecule has 0 saturated carbocycles. The highest BCUT2D eigenvalue weighted by Gasteiger charge is 2.20. The van der Waals surface area contributed by atoms with E-state index >= 15 is 0 Å². The summed E-state index contributed by atoms with van der Waals surface area (Å²) in [5.74, 6) is 0. The third kappa shape index (κ3) is 6.71. The maximum atomic E-state index is 9.57. The van der Waals surface area contributed by atoms with Crippen LogP contribution in [0.15, 0.2) is 0 Å². The van der Waals surface area contributed by atoms with Gasteiger partial charge in [-0.1, -0.05) is 0 Å². The largest absolute Gasteiger partial charge is 0.483 e. The Hall–Kier alpha value is 0.0169. The van der Waals surface area contributed by atoms with Crippen LogP contribution in [0.4, 0.5) is 0 Å². The van der Waals surface area contributed by atoms with Crippen molar-refractivity contribution >= 4 is 9.53 Å². The van der Waals surface area contributed by atoms with Crippen molar-refractivity contribution < 1.29 is 23.1 Å². The van der Waals surface area contributed by atoms with Gasteiger partial charge in [-0.25, -0.2) is 5.11 Å². The second-order valence-electron chi connectivity index (χ2n) is 2.12. The Kier molecular flexibility index (Phi) is 7.67. The van der Waals surface area contributed by atoms with E-state index in [2.05, 4.69) is 4.74 Å². The van der Waals surface area contributed by atoms with Gasteiger partial charge < -0.3 is 18.0 Å². The number of ether oxygens (including phenoxy) is 1. The average molecular weight is 195 g/mol. The summed E-state index contributed by atoms with van der Waals surface area (Å²) >= 11 is 0. The van der Waals surface area contributed by atoms with Crippen molar-refractivity contribution in [2.75, 3.05) is 34.5 Å². The summed E-state index contributed by atoms with van der Waals surface area (Å²) in [6.45, 7) is 0.642. The highest BCUT2D eigenvalue weighted by molar-refractivity contribution is 6.36. The zero-order chi connectivity index (χ0) is 9.40. The molecule has 0 aromatic heterocycles. The van der Waals surface area contributed by atoms with E-state index in [1.165, 1.54) is 0 Å². The number of rotatable bonds is 4. The van der Waals surface area contributed by atoms with Gasteiger partial charge in [-0.15, -0.1) is 0 Å². The molecule has 1 fully saturated rings. The fraction of sp³-hybridized carbons (Fsp3) is 1.00. The predicted octanol–water partition coefficient (Wildman–Crippen LogP) is -0.542. The van der Waals surface area contributed by atoms with Gasteiger partial charge in [0.25, 0.3) is 0 Å². The molecule has 0 aliphatic carbocycles. The third-order valence-corrected chi connectivity index (χ3v) is 2.32. The van der Waals surface area contributed by atoms with Crippen LogP contribution in [0.3, 0.4) is 0 Å². The lowest BCUT2D eigenvalue weighted by Crippen LogP contribution is -2.21. The zero-order valence-corrected chi connectivity index (χ0v) is 8.76. The smallest absolute Gasteiger partial charge is 0.379 e. The van der Waals surface area contributed by atoms with Gasteiger partial charge >= 0.3 is 9.53 Å². The lowest BCUT2D eigenvalue weighted by atomic mass is 10.5. The van der Waals surface area contributed by atoms with Crippen molar-refractivity contribution in [1.29, 1.82) is 0 Å². The predicted molar refractivity (Wildman–Crippen MR) is 43.5 cm³/mol. The summed E-state index contributed by atoms with van der Waals surface area (Å²) in [7, 11) is 3.05. The van der Waals surface area contributed by atoms with Crippen LogP contribution < -0.4 is 0 Å². The summed E-state index contributed by atoms with van der Waals surface area (Å²) in [4.78, 5) is 0. The molecule has 0 amide bonds. The summed E-state index contributed by atoms with van der Waals surface area (Å²) in [5, 5.41) is 9.57. The second kappa shape index (κ2) is 7.65. The van der Waals surface area contributed by atoms with Gasteiger partial charge in [0.1, 0.15) is 12.7 Å². The fourth-order valence-corrected chi connectivity index (χ4v) is 1.03.